The van der Waals surface area contributed by atoms with E-state index in [0.717, 1.165) is 49.4 Å². The third-order valence-electron chi connectivity index (χ3n) is 4.93. The predicted octanol–water partition coefficient (Wildman–Crippen LogP) is 2.72. The molecule has 1 fully saturated rings. The van der Waals surface area contributed by atoms with Gasteiger partial charge < -0.3 is 14.6 Å². The molecule has 5 nitrogen and oxygen atoms in total. The quantitative estimate of drug-likeness (QED) is 0.875. The van der Waals surface area contributed by atoms with Crippen LogP contribution in [0.2, 0.25) is 0 Å². The molecule has 2 heterocycles. The highest BCUT2D eigenvalue weighted by Crippen LogP contribution is 2.33. The lowest BCUT2D eigenvalue weighted by atomic mass is 9.85. The summed E-state index contributed by atoms with van der Waals surface area (Å²) in [5.74, 6) is 0.857. The summed E-state index contributed by atoms with van der Waals surface area (Å²) < 4.78 is 10.6. The Labute approximate surface area is 149 Å². The summed E-state index contributed by atoms with van der Waals surface area (Å²) in [6, 6.07) is 10.1. The predicted molar refractivity (Wildman–Crippen MR) is 96.4 cm³/mol. The Morgan fingerprint density at radius 3 is 2.64 bits per heavy atom. The first-order valence-corrected chi connectivity index (χ1v) is 8.64. The van der Waals surface area contributed by atoms with Gasteiger partial charge >= 0.3 is 0 Å². The molecule has 0 amide bonds. The van der Waals surface area contributed by atoms with Crippen LogP contribution in [0.1, 0.15) is 29.5 Å². The molecule has 1 saturated heterocycles. The Morgan fingerprint density at radius 1 is 1.20 bits per heavy atom. The summed E-state index contributed by atoms with van der Waals surface area (Å²) in [5.41, 5.74) is 2.46. The maximum absolute atomic E-state index is 10.9. The zero-order valence-corrected chi connectivity index (χ0v) is 14.9. The Hall–Kier alpha value is -1.95. The third kappa shape index (κ3) is 4.18. The topological polar surface area (TPSA) is 54.8 Å². The summed E-state index contributed by atoms with van der Waals surface area (Å²) in [6.45, 7) is 3.12. The zero-order chi connectivity index (χ0) is 17.7. The molecule has 25 heavy (non-hydrogen) atoms. The molecule has 3 rings (SSSR count). The maximum Gasteiger partial charge on any atom is 0.124 e. The van der Waals surface area contributed by atoms with Gasteiger partial charge in [0, 0.05) is 50.3 Å². The minimum absolute atomic E-state index is 0.539. The van der Waals surface area contributed by atoms with E-state index < -0.39 is 5.60 Å². The van der Waals surface area contributed by atoms with E-state index in [1.807, 2.05) is 18.2 Å². The van der Waals surface area contributed by atoms with E-state index in [-0.39, 0.29) is 0 Å². The molecule has 1 aliphatic rings. The number of piperidine rings is 1. The first kappa shape index (κ1) is 17.9. The smallest absolute Gasteiger partial charge is 0.124 e. The molecular weight excluding hydrogens is 316 g/mol. The Bertz CT molecular complexity index is 683. The van der Waals surface area contributed by atoms with Crippen LogP contribution in [0.4, 0.5) is 0 Å². The number of rotatable bonds is 6. The fourth-order valence-corrected chi connectivity index (χ4v) is 3.46. The van der Waals surface area contributed by atoms with Crippen molar-refractivity contribution in [2.75, 3.05) is 27.3 Å². The van der Waals surface area contributed by atoms with Gasteiger partial charge in [0.25, 0.3) is 0 Å². The number of aliphatic hydroxyl groups is 1. The second-order valence-corrected chi connectivity index (χ2v) is 6.63. The molecule has 1 aromatic carbocycles. The van der Waals surface area contributed by atoms with Crippen LogP contribution in [-0.4, -0.2) is 42.3 Å². The highest BCUT2D eigenvalue weighted by atomic mass is 16.5. The van der Waals surface area contributed by atoms with Gasteiger partial charge in [-0.15, -0.1) is 0 Å². The van der Waals surface area contributed by atoms with Crippen molar-refractivity contribution in [2.24, 2.45) is 0 Å². The number of nitrogens with zero attached hydrogens (tertiary/aromatic N) is 2. The SMILES string of the molecule is COCc1cc(CN2CCC(O)(c3cccnc3)CC2)ccc1OC. The van der Waals surface area contributed by atoms with E-state index in [2.05, 4.69) is 22.0 Å². The fraction of sp³-hybridized carbons (Fsp3) is 0.450. The summed E-state index contributed by atoms with van der Waals surface area (Å²) >= 11 is 0. The van der Waals surface area contributed by atoms with Crippen LogP contribution in [0.5, 0.6) is 5.75 Å². The minimum atomic E-state index is -0.758. The average Bonchev–Trinajstić information content (AvgIpc) is 2.65. The molecule has 1 aromatic heterocycles. The molecule has 0 spiro atoms. The monoisotopic (exact) mass is 342 g/mol. The number of benzene rings is 1. The summed E-state index contributed by atoms with van der Waals surface area (Å²) in [5, 5.41) is 10.9. The normalized spacial score (nSPS) is 17.4. The highest BCUT2D eigenvalue weighted by molar-refractivity contribution is 5.37. The number of pyridine rings is 1. The van der Waals surface area contributed by atoms with Crippen molar-refractivity contribution in [2.45, 2.75) is 31.6 Å². The maximum atomic E-state index is 10.9. The molecule has 5 heteroatoms. The van der Waals surface area contributed by atoms with Crippen molar-refractivity contribution in [1.82, 2.24) is 9.88 Å². The van der Waals surface area contributed by atoms with Gasteiger partial charge in [0.05, 0.1) is 19.3 Å². The molecule has 1 N–H and O–H groups in total. The van der Waals surface area contributed by atoms with E-state index in [0.29, 0.717) is 6.61 Å². The molecule has 0 radical (unpaired) electrons. The standard InChI is InChI=1S/C20H26N2O3/c1-24-15-17-12-16(5-6-19(17)25-2)14-22-10-7-20(23,8-11-22)18-4-3-9-21-13-18/h3-6,9,12-13,23H,7-8,10-11,14-15H2,1-2H3. The van der Waals surface area contributed by atoms with Crippen molar-refractivity contribution < 1.29 is 14.6 Å². The Morgan fingerprint density at radius 2 is 2.00 bits per heavy atom. The largest absolute Gasteiger partial charge is 0.496 e. The lowest BCUT2D eigenvalue weighted by Gasteiger charge is -2.38. The molecule has 0 aliphatic carbocycles. The number of ether oxygens (including phenoxy) is 2. The molecule has 0 atom stereocenters. The van der Waals surface area contributed by atoms with Crippen molar-refractivity contribution >= 4 is 0 Å². The van der Waals surface area contributed by atoms with Crippen molar-refractivity contribution in [1.29, 1.82) is 0 Å². The fourth-order valence-electron chi connectivity index (χ4n) is 3.46. The van der Waals surface area contributed by atoms with Crippen LogP contribution in [0.3, 0.4) is 0 Å². The van der Waals surface area contributed by atoms with Gasteiger partial charge in [0.15, 0.2) is 0 Å². The number of likely N-dealkylation sites (tertiary alicyclic amines) is 1. The van der Waals surface area contributed by atoms with Gasteiger partial charge in [-0.05, 0) is 36.6 Å². The van der Waals surface area contributed by atoms with Crippen LogP contribution >= 0.6 is 0 Å². The molecule has 2 aromatic rings. The van der Waals surface area contributed by atoms with Gasteiger partial charge in [-0.2, -0.15) is 0 Å². The zero-order valence-electron chi connectivity index (χ0n) is 14.9. The van der Waals surface area contributed by atoms with Crippen molar-refractivity contribution in [3.8, 4) is 5.75 Å². The minimum Gasteiger partial charge on any atom is -0.496 e. The number of methoxy groups -OCH3 is 2. The van der Waals surface area contributed by atoms with Crippen LogP contribution in [-0.2, 0) is 23.5 Å². The number of aromatic nitrogens is 1. The van der Waals surface area contributed by atoms with E-state index in [4.69, 9.17) is 9.47 Å². The van der Waals surface area contributed by atoms with Crippen LogP contribution < -0.4 is 4.74 Å². The lowest BCUT2D eigenvalue weighted by molar-refractivity contribution is -0.0279. The van der Waals surface area contributed by atoms with E-state index in [1.165, 1.54) is 5.56 Å². The van der Waals surface area contributed by atoms with Gasteiger partial charge in [-0.1, -0.05) is 12.1 Å². The van der Waals surface area contributed by atoms with Crippen molar-refractivity contribution in [3.63, 3.8) is 0 Å². The Kier molecular flexibility index (Phi) is 5.68. The highest BCUT2D eigenvalue weighted by Gasteiger charge is 2.34. The van der Waals surface area contributed by atoms with Crippen LogP contribution in [0, 0.1) is 0 Å². The summed E-state index contributed by atoms with van der Waals surface area (Å²) in [4.78, 5) is 6.52. The average molecular weight is 342 g/mol. The van der Waals surface area contributed by atoms with Gasteiger partial charge in [-0.25, -0.2) is 0 Å². The second kappa shape index (κ2) is 7.95. The van der Waals surface area contributed by atoms with Gasteiger partial charge in [-0.3, -0.25) is 9.88 Å². The number of hydrogen-bond donors (Lipinski definition) is 1. The van der Waals surface area contributed by atoms with Gasteiger partial charge in [0.2, 0.25) is 0 Å². The summed E-state index contributed by atoms with van der Waals surface area (Å²) in [7, 11) is 3.37. The Balaban J connectivity index is 1.63. The molecule has 0 unspecified atom stereocenters. The van der Waals surface area contributed by atoms with Crippen LogP contribution in [0.15, 0.2) is 42.7 Å². The first-order valence-electron chi connectivity index (χ1n) is 8.64. The molecule has 134 valence electrons. The van der Waals surface area contributed by atoms with E-state index in [1.54, 1.807) is 26.6 Å². The van der Waals surface area contributed by atoms with E-state index in [9.17, 15) is 5.11 Å². The lowest BCUT2D eigenvalue weighted by Crippen LogP contribution is -2.42. The molecule has 0 bridgehead atoms. The first-order chi connectivity index (χ1) is 12.1. The third-order valence-corrected chi connectivity index (χ3v) is 4.93. The second-order valence-electron chi connectivity index (χ2n) is 6.63. The van der Waals surface area contributed by atoms with Gasteiger partial charge in [0.1, 0.15) is 5.75 Å². The number of hydrogen-bond acceptors (Lipinski definition) is 5. The van der Waals surface area contributed by atoms with Crippen LogP contribution in [0.25, 0.3) is 0 Å². The molecule has 0 saturated carbocycles. The van der Waals surface area contributed by atoms with E-state index >= 15 is 0 Å². The van der Waals surface area contributed by atoms with Crippen molar-refractivity contribution in [3.05, 3.63) is 59.4 Å². The molecular formula is C20H26N2O3. The summed E-state index contributed by atoms with van der Waals surface area (Å²) in [6.07, 6.45) is 4.96. The molecule has 1 aliphatic heterocycles.